The smallest absolute Gasteiger partial charge is 0.240 e. The summed E-state index contributed by atoms with van der Waals surface area (Å²) in [5.74, 6) is 0.0553. The number of hydrogen-bond donors (Lipinski definition) is 0. The highest BCUT2D eigenvalue weighted by Crippen LogP contribution is 2.39. The molecule has 0 N–H and O–H groups in total. The van der Waals surface area contributed by atoms with E-state index in [0.29, 0.717) is 19.4 Å². The lowest BCUT2D eigenvalue weighted by atomic mass is 9.71. The van der Waals surface area contributed by atoms with Gasteiger partial charge in [0.05, 0.1) is 12.6 Å². The molecule has 1 aliphatic carbocycles. The first-order chi connectivity index (χ1) is 12.6. The van der Waals surface area contributed by atoms with E-state index >= 15 is 0 Å². The average Bonchev–Trinajstić information content (AvgIpc) is 3.12. The third kappa shape index (κ3) is 3.61. The normalized spacial score (nSPS) is 26.1. The lowest BCUT2D eigenvalue weighted by Gasteiger charge is -2.37. The first-order valence-corrected chi connectivity index (χ1v) is 9.68. The molecule has 0 unspecified atom stereocenters. The van der Waals surface area contributed by atoms with Gasteiger partial charge in [-0.3, -0.25) is 9.59 Å². The Morgan fingerprint density at radius 2 is 2.04 bits per heavy atom. The van der Waals surface area contributed by atoms with Gasteiger partial charge < -0.3 is 9.64 Å². The molecule has 140 valence electrons. The van der Waals surface area contributed by atoms with Crippen LogP contribution in [0.15, 0.2) is 42.0 Å². The zero-order valence-electron chi connectivity index (χ0n) is 15.9. The van der Waals surface area contributed by atoms with E-state index in [-0.39, 0.29) is 17.7 Å². The molecule has 1 aliphatic heterocycles. The van der Waals surface area contributed by atoms with Gasteiger partial charge in [-0.1, -0.05) is 48.9 Å². The molecule has 1 aromatic carbocycles. The number of likely N-dealkylation sites (tertiary alicyclic amines) is 1. The molecule has 0 saturated carbocycles. The fourth-order valence-corrected chi connectivity index (χ4v) is 4.35. The molecule has 1 amide bonds. The number of benzene rings is 1. The molecule has 1 saturated heterocycles. The maximum Gasteiger partial charge on any atom is 0.240 e. The quantitative estimate of drug-likeness (QED) is 0.579. The Morgan fingerprint density at radius 3 is 2.73 bits per heavy atom. The van der Waals surface area contributed by atoms with Gasteiger partial charge in [-0.15, -0.1) is 0 Å². The van der Waals surface area contributed by atoms with Crippen LogP contribution in [0.25, 0.3) is 0 Å². The summed E-state index contributed by atoms with van der Waals surface area (Å²) < 4.78 is 5.29. The number of carbonyl (C=O) groups is 2. The van der Waals surface area contributed by atoms with Crippen LogP contribution in [0.3, 0.4) is 0 Å². The van der Waals surface area contributed by atoms with Gasteiger partial charge in [-0.2, -0.15) is 0 Å². The average molecular weight is 355 g/mol. The van der Waals surface area contributed by atoms with Crippen molar-refractivity contribution in [3.8, 4) is 0 Å². The summed E-state index contributed by atoms with van der Waals surface area (Å²) in [6, 6.07) is 10.4. The van der Waals surface area contributed by atoms with E-state index in [1.165, 1.54) is 11.1 Å². The van der Waals surface area contributed by atoms with Crippen LogP contribution < -0.4 is 0 Å². The topological polar surface area (TPSA) is 46.6 Å². The van der Waals surface area contributed by atoms with Crippen molar-refractivity contribution in [2.75, 3.05) is 20.3 Å². The molecule has 1 fully saturated rings. The molecule has 3 rings (SSSR count). The predicted molar refractivity (Wildman–Crippen MR) is 102 cm³/mol. The zero-order valence-corrected chi connectivity index (χ0v) is 15.9. The summed E-state index contributed by atoms with van der Waals surface area (Å²) in [4.78, 5) is 28.2. The van der Waals surface area contributed by atoms with E-state index in [0.717, 1.165) is 32.2 Å². The Bertz CT molecular complexity index is 682. The van der Waals surface area contributed by atoms with Crippen LogP contribution in [0.2, 0.25) is 0 Å². The van der Waals surface area contributed by atoms with Crippen molar-refractivity contribution in [2.45, 2.75) is 51.5 Å². The number of ether oxygens (including phenoxy) is 1. The molecule has 26 heavy (non-hydrogen) atoms. The van der Waals surface area contributed by atoms with E-state index in [1.54, 1.807) is 7.11 Å². The first kappa shape index (κ1) is 18.8. The maximum atomic E-state index is 13.5. The fraction of sp³-hybridized carbons (Fsp3) is 0.545. The number of amides is 1. The van der Waals surface area contributed by atoms with Crippen molar-refractivity contribution < 1.29 is 14.3 Å². The number of methoxy groups -OCH3 is 1. The van der Waals surface area contributed by atoms with Gasteiger partial charge >= 0.3 is 0 Å². The third-order valence-electron chi connectivity index (χ3n) is 5.83. The standard InChI is InChI=1S/C22H29NO3/c1-3-22(21(25)23-13-7-10-19(23)16-26-2)15-18(11-12-20(22)24)14-17-8-5-4-6-9-17/h4-6,8-9,15,19H,3,7,10-14,16H2,1-2H3/t19-,22+/m0/s1. The summed E-state index contributed by atoms with van der Waals surface area (Å²) in [6.07, 6.45) is 6.48. The Balaban J connectivity index is 1.88. The summed E-state index contributed by atoms with van der Waals surface area (Å²) in [6.45, 7) is 3.23. The lowest BCUT2D eigenvalue weighted by Crippen LogP contribution is -2.51. The second-order valence-corrected chi connectivity index (χ2v) is 7.46. The largest absolute Gasteiger partial charge is 0.383 e. The number of rotatable bonds is 6. The first-order valence-electron chi connectivity index (χ1n) is 9.68. The highest BCUT2D eigenvalue weighted by Gasteiger charge is 2.48. The van der Waals surface area contributed by atoms with Crippen molar-refractivity contribution in [1.82, 2.24) is 4.90 Å². The maximum absolute atomic E-state index is 13.5. The van der Waals surface area contributed by atoms with Crippen molar-refractivity contribution in [3.05, 3.63) is 47.5 Å². The third-order valence-corrected chi connectivity index (χ3v) is 5.83. The number of ketones is 1. The Hall–Kier alpha value is -1.94. The molecule has 0 radical (unpaired) electrons. The van der Waals surface area contributed by atoms with E-state index < -0.39 is 5.41 Å². The van der Waals surface area contributed by atoms with Gasteiger partial charge in [0, 0.05) is 20.1 Å². The summed E-state index contributed by atoms with van der Waals surface area (Å²) >= 11 is 0. The molecule has 1 aromatic rings. The van der Waals surface area contributed by atoms with E-state index in [1.807, 2.05) is 36.1 Å². The highest BCUT2D eigenvalue weighted by molar-refractivity contribution is 6.09. The van der Waals surface area contributed by atoms with E-state index in [9.17, 15) is 9.59 Å². The van der Waals surface area contributed by atoms with Crippen LogP contribution in [-0.2, 0) is 20.7 Å². The van der Waals surface area contributed by atoms with Crippen LogP contribution in [-0.4, -0.2) is 42.9 Å². The SMILES string of the molecule is CC[C@@]1(C(=O)N2CCC[C@H]2COC)C=C(Cc2ccccc2)CCC1=O. The molecular formula is C22H29NO3. The Labute approximate surface area is 156 Å². The molecule has 2 atom stereocenters. The minimum atomic E-state index is -0.987. The van der Waals surface area contributed by atoms with Crippen LogP contribution in [0.4, 0.5) is 0 Å². The summed E-state index contributed by atoms with van der Waals surface area (Å²) in [5.41, 5.74) is 1.44. The van der Waals surface area contributed by atoms with Crippen LogP contribution >= 0.6 is 0 Å². The Kier molecular flexibility index (Phi) is 5.92. The van der Waals surface area contributed by atoms with Gasteiger partial charge in [-0.25, -0.2) is 0 Å². The van der Waals surface area contributed by atoms with Crippen LogP contribution in [0, 0.1) is 5.41 Å². The minimum absolute atomic E-state index is 0.0187. The second kappa shape index (κ2) is 8.17. The van der Waals surface area contributed by atoms with Gasteiger partial charge in [0.1, 0.15) is 5.41 Å². The monoisotopic (exact) mass is 355 g/mol. The highest BCUT2D eigenvalue weighted by atomic mass is 16.5. The molecule has 4 heteroatoms. The number of carbonyl (C=O) groups excluding carboxylic acids is 2. The summed E-state index contributed by atoms with van der Waals surface area (Å²) in [5, 5.41) is 0. The number of hydrogen-bond acceptors (Lipinski definition) is 3. The zero-order chi connectivity index (χ0) is 18.6. The number of Topliss-reactive ketones (excluding diaryl/α,β-unsaturated/α-hetero) is 1. The van der Waals surface area contributed by atoms with E-state index in [4.69, 9.17) is 4.74 Å². The predicted octanol–water partition coefficient (Wildman–Crippen LogP) is 3.55. The summed E-state index contributed by atoms with van der Waals surface area (Å²) in [7, 11) is 1.67. The molecular weight excluding hydrogens is 326 g/mol. The molecule has 1 heterocycles. The molecule has 0 bridgehead atoms. The van der Waals surface area contributed by atoms with Gasteiger partial charge in [-0.05, 0) is 37.7 Å². The van der Waals surface area contributed by atoms with Crippen molar-refractivity contribution in [1.29, 1.82) is 0 Å². The molecule has 2 aliphatic rings. The number of nitrogens with zero attached hydrogens (tertiary/aromatic N) is 1. The molecule has 0 aromatic heterocycles. The van der Waals surface area contributed by atoms with Crippen molar-refractivity contribution >= 4 is 11.7 Å². The van der Waals surface area contributed by atoms with Crippen LogP contribution in [0.1, 0.15) is 44.6 Å². The van der Waals surface area contributed by atoms with Crippen molar-refractivity contribution in [2.24, 2.45) is 5.41 Å². The lowest BCUT2D eigenvalue weighted by molar-refractivity contribution is -0.148. The van der Waals surface area contributed by atoms with Gasteiger partial charge in [0.25, 0.3) is 0 Å². The molecule has 0 spiro atoms. The minimum Gasteiger partial charge on any atom is -0.383 e. The van der Waals surface area contributed by atoms with Crippen molar-refractivity contribution in [3.63, 3.8) is 0 Å². The van der Waals surface area contributed by atoms with E-state index in [2.05, 4.69) is 12.1 Å². The van der Waals surface area contributed by atoms with Crippen LogP contribution in [0.5, 0.6) is 0 Å². The number of allylic oxidation sites excluding steroid dienone is 1. The van der Waals surface area contributed by atoms with Gasteiger partial charge in [0.15, 0.2) is 5.78 Å². The van der Waals surface area contributed by atoms with Gasteiger partial charge in [0.2, 0.25) is 5.91 Å². The molecule has 4 nitrogen and oxygen atoms in total. The second-order valence-electron chi connectivity index (χ2n) is 7.46. The Morgan fingerprint density at radius 1 is 1.27 bits per heavy atom. The fourth-order valence-electron chi connectivity index (χ4n) is 4.35.